The number of hydrogen-bond acceptors (Lipinski definition) is 17. The quantitative estimate of drug-likeness (QED) is 0.0408. The zero-order valence-electron chi connectivity index (χ0n) is 37.3. The Balaban J connectivity index is 1.34. The average Bonchev–Trinajstić information content (AvgIpc) is 3.96. The van der Waals surface area contributed by atoms with Crippen molar-refractivity contribution >= 4 is 61.8 Å². The van der Waals surface area contributed by atoms with Crippen LogP contribution < -0.4 is 4.90 Å². The Morgan fingerprint density at radius 3 is 2.41 bits per heavy atom. The number of nitrogens with zero attached hydrogens (tertiary/aromatic N) is 9. The molecular formula is C39H58Cl2N9O11PSi. The van der Waals surface area contributed by atoms with E-state index in [4.69, 9.17) is 60.7 Å². The summed E-state index contributed by atoms with van der Waals surface area (Å²) in [7, 11) is -5.67. The zero-order chi connectivity index (χ0) is 46.0. The van der Waals surface area contributed by atoms with Crippen LogP contribution in [-0.4, -0.2) is 127 Å². The van der Waals surface area contributed by atoms with Crippen LogP contribution in [0.3, 0.4) is 0 Å². The second-order valence-electron chi connectivity index (χ2n) is 17.8. The second kappa shape index (κ2) is 19.7. The standard InChI is InChI=1S/C39H58Cl2N9O11PSi/c1-11-56-62(53,57-12-2)39(23-51,19-29-45-46-47-49(29)24-54-17-18-63(8,9)10)55-22-28-30-31(60-38(6,7)59-30)34(58-28)50-33-26(20-42-50)32(43-35(41)44-33)48(36(52)61-37(3,4)5)21-25-15-13-14-16-27(25)40/h13-16,20,28,30-31,34,51H,11-12,17-19,21-24H2,1-10H3/t28?,30-,31-,34-,39?/m1/s1. The molecule has 5 atom stereocenters. The molecule has 0 bridgehead atoms. The van der Waals surface area contributed by atoms with Gasteiger partial charge < -0.3 is 42.6 Å². The van der Waals surface area contributed by atoms with Crippen molar-refractivity contribution in [3.8, 4) is 0 Å². The van der Waals surface area contributed by atoms with E-state index in [1.165, 1.54) is 20.5 Å². The number of tetrazole rings is 1. The molecule has 3 aromatic heterocycles. The number of halogens is 2. The Bertz CT molecular complexity index is 2250. The van der Waals surface area contributed by atoms with E-state index in [1.807, 2.05) is 0 Å². The molecule has 0 radical (unpaired) electrons. The number of carbonyl (C=O) groups is 1. The molecule has 63 heavy (non-hydrogen) atoms. The topological polar surface area (TPSA) is 219 Å². The third kappa shape index (κ3) is 11.4. The molecule has 6 rings (SSSR count). The molecule has 4 aromatic rings. The van der Waals surface area contributed by atoms with Gasteiger partial charge in [0.1, 0.15) is 30.6 Å². The van der Waals surface area contributed by atoms with Crippen molar-refractivity contribution in [2.24, 2.45) is 0 Å². The predicted molar refractivity (Wildman–Crippen MR) is 234 cm³/mol. The summed E-state index contributed by atoms with van der Waals surface area (Å²) < 4.78 is 67.0. The molecule has 5 heterocycles. The minimum atomic E-state index is -4.30. The fraction of sp³-hybridized carbons (Fsp3) is 0.667. The summed E-state index contributed by atoms with van der Waals surface area (Å²) in [6.45, 7) is 18.2. The molecule has 2 saturated heterocycles. The summed E-state index contributed by atoms with van der Waals surface area (Å²) in [5, 5.41) is 26.5. The van der Waals surface area contributed by atoms with Gasteiger partial charge in [-0.25, -0.2) is 14.2 Å². The number of hydrogen-bond donors (Lipinski definition) is 1. The van der Waals surface area contributed by atoms with Crippen LogP contribution in [0.25, 0.3) is 11.0 Å². The fourth-order valence-electron chi connectivity index (χ4n) is 7.10. The summed E-state index contributed by atoms with van der Waals surface area (Å²) in [6, 6.07) is 8.02. The van der Waals surface area contributed by atoms with E-state index in [2.05, 4.69) is 50.2 Å². The highest BCUT2D eigenvalue weighted by Gasteiger charge is 2.59. The van der Waals surface area contributed by atoms with E-state index in [0.29, 0.717) is 22.6 Å². The van der Waals surface area contributed by atoms with E-state index >= 15 is 0 Å². The monoisotopic (exact) mass is 957 g/mol. The van der Waals surface area contributed by atoms with Crippen molar-refractivity contribution in [3.63, 3.8) is 0 Å². The van der Waals surface area contributed by atoms with Gasteiger partial charge in [-0.3, -0.25) is 9.46 Å². The molecule has 2 aliphatic rings. The van der Waals surface area contributed by atoms with Gasteiger partial charge in [-0.05, 0) is 88.2 Å². The number of benzene rings is 1. The average molecular weight is 959 g/mol. The summed E-state index contributed by atoms with van der Waals surface area (Å²) in [5.41, 5.74) is -0.0183. The Morgan fingerprint density at radius 2 is 1.76 bits per heavy atom. The highest BCUT2D eigenvalue weighted by molar-refractivity contribution is 7.55. The minimum Gasteiger partial charge on any atom is -0.443 e. The van der Waals surface area contributed by atoms with Crippen molar-refractivity contribution < 1.29 is 51.9 Å². The summed E-state index contributed by atoms with van der Waals surface area (Å²) in [5.74, 6) is -0.759. The Kier molecular flexibility index (Phi) is 15.4. The normalized spacial score (nSPS) is 21.2. The van der Waals surface area contributed by atoms with Crippen molar-refractivity contribution in [2.45, 2.75) is 135 Å². The zero-order valence-corrected chi connectivity index (χ0v) is 40.7. The summed E-state index contributed by atoms with van der Waals surface area (Å²) >= 11 is 13.2. The van der Waals surface area contributed by atoms with Gasteiger partial charge in [0.25, 0.3) is 0 Å². The first-order chi connectivity index (χ1) is 29.6. The molecule has 2 unspecified atom stereocenters. The Morgan fingerprint density at radius 1 is 1.06 bits per heavy atom. The summed E-state index contributed by atoms with van der Waals surface area (Å²) in [4.78, 5) is 24.2. The van der Waals surface area contributed by atoms with Gasteiger partial charge in [-0.2, -0.15) is 15.1 Å². The summed E-state index contributed by atoms with van der Waals surface area (Å²) in [6.07, 6.45) is -3.00. The van der Waals surface area contributed by atoms with Crippen LogP contribution in [0.2, 0.25) is 36.0 Å². The van der Waals surface area contributed by atoms with Gasteiger partial charge in [0, 0.05) is 19.7 Å². The van der Waals surface area contributed by atoms with Crippen LogP contribution in [-0.2, 0) is 61.7 Å². The van der Waals surface area contributed by atoms with E-state index in [1.54, 1.807) is 72.7 Å². The second-order valence-corrected chi connectivity index (χ2v) is 26.5. The number of ether oxygens (including phenoxy) is 6. The molecule has 20 nitrogen and oxygen atoms in total. The lowest BCUT2D eigenvalue weighted by Gasteiger charge is -2.37. The maximum atomic E-state index is 14.8. The SMILES string of the molecule is CCOP(=O)(OCC)C(CO)(Cc1nnnn1COCC[Si](C)(C)C)OCC1O[C@@H](n2ncc3c(N(Cc4ccccc4Cl)C(=O)OC(C)(C)C)nc(Cl)nc32)[C@@H]2OC(C)(C)O[C@H]12. The van der Waals surface area contributed by atoms with Gasteiger partial charge in [0.05, 0.1) is 51.0 Å². The minimum absolute atomic E-state index is 0.0158. The first-order valence-corrected chi connectivity index (χ1v) is 26.7. The molecule has 0 aliphatic carbocycles. The number of fused-ring (bicyclic) bond motifs is 2. The van der Waals surface area contributed by atoms with Gasteiger partial charge in [-0.1, -0.05) is 49.4 Å². The maximum absolute atomic E-state index is 14.8. The molecule has 1 N–H and O–H groups in total. The van der Waals surface area contributed by atoms with Crippen LogP contribution in [0.1, 0.15) is 66.1 Å². The number of carbonyl (C=O) groups excluding carboxylic acids is 1. The Labute approximate surface area is 377 Å². The van der Waals surface area contributed by atoms with Crippen molar-refractivity contribution in [2.75, 3.05) is 37.9 Å². The van der Waals surface area contributed by atoms with E-state index < -0.39 is 69.6 Å². The molecule has 24 heteroatoms. The molecule has 0 saturated carbocycles. The van der Waals surface area contributed by atoms with Crippen LogP contribution in [0.4, 0.5) is 10.6 Å². The third-order valence-corrected chi connectivity index (χ3v) is 14.9. The van der Waals surface area contributed by atoms with Gasteiger partial charge in [0.15, 0.2) is 34.6 Å². The molecular weight excluding hydrogens is 900 g/mol. The number of aromatic nitrogens is 8. The highest BCUT2D eigenvalue weighted by atomic mass is 35.5. The lowest BCUT2D eigenvalue weighted by Crippen LogP contribution is -2.45. The largest absolute Gasteiger partial charge is 0.443 e. The van der Waals surface area contributed by atoms with Crippen LogP contribution in [0, 0.1) is 0 Å². The smallest absolute Gasteiger partial charge is 0.416 e. The number of aliphatic hydroxyl groups is 1. The molecule has 0 spiro atoms. The molecule has 348 valence electrons. The van der Waals surface area contributed by atoms with Gasteiger partial charge in [-0.15, -0.1) is 5.10 Å². The first kappa shape index (κ1) is 49.3. The van der Waals surface area contributed by atoms with Crippen molar-refractivity contribution in [3.05, 3.63) is 52.2 Å². The van der Waals surface area contributed by atoms with Crippen LogP contribution >= 0.6 is 30.8 Å². The highest BCUT2D eigenvalue weighted by Crippen LogP contribution is 2.62. The van der Waals surface area contributed by atoms with Crippen LogP contribution in [0.15, 0.2) is 30.5 Å². The Hall–Kier alpha value is -3.18. The number of amides is 1. The number of rotatable bonds is 20. The number of aliphatic hydroxyl groups excluding tert-OH is 1. The van der Waals surface area contributed by atoms with E-state index in [9.17, 15) is 14.5 Å². The predicted octanol–water partition coefficient (Wildman–Crippen LogP) is 7.01. The molecule has 2 aliphatic heterocycles. The van der Waals surface area contributed by atoms with E-state index in [-0.39, 0.29) is 62.1 Å². The molecule has 1 aromatic carbocycles. The number of anilines is 1. The van der Waals surface area contributed by atoms with E-state index in [0.717, 1.165) is 6.04 Å². The van der Waals surface area contributed by atoms with Gasteiger partial charge >= 0.3 is 13.7 Å². The third-order valence-electron chi connectivity index (χ3n) is 10.0. The first-order valence-electron chi connectivity index (χ1n) is 20.7. The maximum Gasteiger partial charge on any atom is 0.416 e. The molecule has 1 amide bonds. The van der Waals surface area contributed by atoms with Crippen molar-refractivity contribution in [1.82, 2.24) is 40.0 Å². The lowest BCUT2D eigenvalue weighted by molar-refractivity contribution is -0.207. The van der Waals surface area contributed by atoms with Crippen LogP contribution in [0.5, 0.6) is 0 Å². The lowest BCUT2D eigenvalue weighted by atomic mass is 10.1. The molecule has 2 fully saturated rings. The van der Waals surface area contributed by atoms with Gasteiger partial charge in [0.2, 0.25) is 5.28 Å². The fourth-order valence-corrected chi connectivity index (χ4v) is 10.2. The van der Waals surface area contributed by atoms with Crippen molar-refractivity contribution in [1.29, 1.82) is 0 Å².